The van der Waals surface area contributed by atoms with Crippen LogP contribution < -0.4 is 10.3 Å². The number of rotatable bonds is 5. The van der Waals surface area contributed by atoms with Gasteiger partial charge in [-0.05, 0) is 24.1 Å². The second kappa shape index (κ2) is 6.80. The first-order valence-electron chi connectivity index (χ1n) is 6.91. The molecule has 0 unspecified atom stereocenters. The average molecular weight is 304 g/mol. The molecule has 112 valence electrons. The quantitative estimate of drug-likeness (QED) is 0.864. The highest BCUT2D eigenvalue weighted by Crippen LogP contribution is 2.22. The molecule has 0 radical (unpaired) electrons. The zero-order valence-corrected chi connectivity index (χ0v) is 13.4. The molecule has 0 aliphatic heterocycles. The molecule has 2 rings (SSSR count). The molecule has 0 atom stereocenters. The average Bonchev–Trinajstić information content (AvgIpc) is 2.49. The third kappa shape index (κ3) is 3.67. The minimum absolute atomic E-state index is 0.0645. The number of aromatic nitrogens is 2. The predicted octanol–water partition coefficient (Wildman–Crippen LogP) is 3.00. The third-order valence-corrected chi connectivity index (χ3v) is 3.46. The lowest BCUT2D eigenvalue weighted by Gasteiger charge is -2.12. The summed E-state index contributed by atoms with van der Waals surface area (Å²) in [6.45, 7) is 4.72. The minimum Gasteiger partial charge on any atom is -0.497 e. The smallest absolute Gasteiger partial charge is 0.270 e. The normalized spacial score (nSPS) is 10.9. The molecule has 21 heavy (non-hydrogen) atoms. The molecule has 1 aromatic heterocycles. The largest absolute Gasteiger partial charge is 0.497 e. The molecule has 0 N–H and O–H groups in total. The highest BCUT2D eigenvalue weighted by atomic mass is 32.1. The van der Waals surface area contributed by atoms with Crippen LogP contribution in [0.2, 0.25) is 0 Å². The van der Waals surface area contributed by atoms with E-state index in [-0.39, 0.29) is 5.56 Å². The fourth-order valence-corrected chi connectivity index (χ4v) is 2.33. The van der Waals surface area contributed by atoms with E-state index in [1.807, 2.05) is 24.3 Å². The van der Waals surface area contributed by atoms with Crippen LogP contribution in [0.25, 0.3) is 11.3 Å². The molecule has 0 bridgehead atoms. The van der Waals surface area contributed by atoms with Gasteiger partial charge in [-0.25, -0.2) is 4.68 Å². The number of hydrogen-bond acceptors (Lipinski definition) is 4. The van der Waals surface area contributed by atoms with Crippen molar-refractivity contribution in [3.63, 3.8) is 0 Å². The maximum Gasteiger partial charge on any atom is 0.270 e. The van der Waals surface area contributed by atoms with Gasteiger partial charge in [0.05, 0.1) is 12.8 Å². The molecule has 0 aliphatic carbocycles. The number of ether oxygens (including phenoxy) is 1. The number of methoxy groups -OCH3 is 1. The zero-order chi connectivity index (χ0) is 15.4. The molecule has 2 aromatic rings. The maximum absolute atomic E-state index is 12.3. The van der Waals surface area contributed by atoms with Crippen molar-refractivity contribution in [2.75, 3.05) is 7.11 Å². The summed E-state index contributed by atoms with van der Waals surface area (Å²) >= 11 is 4.25. The summed E-state index contributed by atoms with van der Waals surface area (Å²) in [6, 6.07) is 9.47. The monoisotopic (exact) mass is 304 g/mol. The van der Waals surface area contributed by atoms with Crippen molar-refractivity contribution in [1.82, 2.24) is 9.78 Å². The Hall–Kier alpha value is -1.75. The zero-order valence-electron chi connectivity index (χ0n) is 12.5. The van der Waals surface area contributed by atoms with Crippen molar-refractivity contribution in [2.45, 2.75) is 26.1 Å². The molecule has 0 amide bonds. The summed E-state index contributed by atoms with van der Waals surface area (Å²) in [5, 5.41) is 4.48. The van der Waals surface area contributed by atoms with E-state index in [1.165, 1.54) is 4.68 Å². The number of nitrogens with zero attached hydrogens (tertiary/aromatic N) is 2. The highest BCUT2D eigenvalue weighted by Gasteiger charge is 2.10. The van der Waals surface area contributed by atoms with Crippen molar-refractivity contribution in [3.05, 3.63) is 46.2 Å². The summed E-state index contributed by atoms with van der Waals surface area (Å²) in [5.74, 6) is 1.52. The predicted molar refractivity (Wildman–Crippen MR) is 88.0 cm³/mol. The van der Waals surface area contributed by atoms with E-state index >= 15 is 0 Å². The maximum atomic E-state index is 12.3. The Morgan fingerprint density at radius 3 is 2.71 bits per heavy atom. The molecule has 5 heteroatoms. The van der Waals surface area contributed by atoms with E-state index in [0.29, 0.717) is 23.8 Å². The SMILES string of the molecule is COc1cccc(-c2cc(CS)c(=O)n(CC(C)C)n2)c1. The minimum atomic E-state index is -0.0645. The third-order valence-electron chi connectivity index (χ3n) is 3.12. The molecule has 4 nitrogen and oxygen atoms in total. The van der Waals surface area contributed by atoms with Crippen molar-refractivity contribution in [1.29, 1.82) is 0 Å². The highest BCUT2D eigenvalue weighted by molar-refractivity contribution is 7.79. The number of hydrogen-bond donors (Lipinski definition) is 1. The Morgan fingerprint density at radius 2 is 2.10 bits per heavy atom. The molecule has 0 fully saturated rings. The van der Waals surface area contributed by atoms with Gasteiger partial charge in [-0.15, -0.1) is 0 Å². The van der Waals surface area contributed by atoms with Crippen molar-refractivity contribution in [2.24, 2.45) is 5.92 Å². The van der Waals surface area contributed by atoms with Crippen LogP contribution in [0.1, 0.15) is 19.4 Å². The van der Waals surface area contributed by atoms with Gasteiger partial charge in [0.1, 0.15) is 5.75 Å². The van der Waals surface area contributed by atoms with Gasteiger partial charge in [0.2, 0.25) is 0 Å². The first-order chi connectivity index (χ1) is 10.0. The second-order valence-electron chi connectivity index (χ2n) is 5.33. The van der Waals surface area contributed by atoms with Gasteiger partial charge < -0.3 is 4.74 Å². The molecular formula is C16H20N2O2S. The van der Waals surface area contributed by atoms with Gasteiger partial charge in [-0.1, -0.05) is 26.0 Å². The lowest BCUT2D eigenvalue weighted by molar-refractivity contribution is 0.415. The summed E-state index contributed by atoms with van der Waals surface area (Å²) in [4.78, 5) is 12.3. The Bertz CT molecular complexity index is 680. The van der Waals surface area contributed by atoms with Crippen LogP contribution in [0.15, 0.2) is 35.1 Å². The summed E-state index contributed by atoms with van der Waals surface area (Å²) < 4.78 is 6.77. The van der Waals surface area contributed by atoms with Crippen LogP contribution in [0.3, 0.4) is 0 Å². The van der Waals surface area contributed by atoms with Crippen LogP contribution in [-0.4, -0.2) is 16.9 Å². The van der Waals surface area contributed by atoms with Gasteiger partial charge in [0, 0.05) is 23.4 Å². The Morgan fingerprint density at radius 1 is 1.33 bits per heavy atom. The van der Waals surface area contributed by atoms with Crippen molar-refractivity contribution >= 4 is 12.6 Å². The molecule has 0 spiro atoms. The van der Waals surface area contributed by atoms with Crippen LogP contribution in [0.4, 0.5) is 0 Å². The molecule has 0 saturated carbocycles. The fraction of sp³-hybridized carbons (Fsp3) is 0.375. The summed E-state index contributed by atoms with van der Waals surface area (Å²) in [5.41, 5.74) is 2.28. The Balaban J connectivity index is 2.55. The Labute approximate surface area is 130 Å². The van der Waals surface area contributed by atoms with Crippen molar-refractivity contribution in [3.8, 4) is 17.0 Å². The van der Waals surface area contributed by atoms with E-state index < -0.39 is 0 Å². The molecule has 0 saturated heterocycles. The van der Waals surface area contributed by atoms with Crippen molar-refractivity contribution < 1.29 is 4.74 Å². The first kappa shape index (κ1) is 15.6. The van der Waals surface area contributed by atoms with E-state index in [1.54, 1.807) is 13.2 Å². The van der Waals surface area contributed by atoms with Gasteiger partial charge in [-0.2, -0.15) is 17.7 Å². The lowest BCUT2D eigenvalue weighted by atomic mass is 10.1. The number of thiol groups is 1. The van der Waals surface area contributed by atoms with Crippen LogP contribution in [0.5, 0.6) is 5.75 Å². The van der Waals surface area contributed by atoms with Gasteiger partial charge in [-0.3, -0.25) is 4.79 Å². The summed E-state index contributed by atoms with van der Waals surface area (Å²) in [6.07, 6.45) is 0. The van der Waals surface area contributed by atoms with Crippen LogP contribution >= 0.6 is 12.6 Å². The van der Waals surface area contributed by atoms with E-state index in [9.17, 15) is 4.79 Å². The Kier molecular flexibility index (Phi) is 5.07. The first-order valence-corrected chi connectivity index (χ1v) is 7.54. The molecular weight excluding hydrogens is 284 g/mol. The molecule has 0 aliphatic rings. The van der Waals surface area contributed by atoms with Gasteiger partial charge in [0.25, 0.3) is 5.56 Å². The van der Waals surface area contributed by atoms with Gasteiger partial charge >= 0.3 is 0 Å². The molecule has 1 heterocycles. The summed E-state index contributed by atoms with van der Waals surface area (Å²) in [7, 11) is 1.63. The van der Waals surface area contributed by atoms with E-state index in [2.05, 4.69) is 31.6 Å². The van der Waals surface area contributed by atoms with E-state index in [4.69, 9.17) is 4.74 Å². The molecule has 1 aromatic carbocycles. The topological polar surface area (TPSA) is 44.1 Å². The standard InChI is InChI=1S/C16H20N2O2S/c1-11(2)9-18-16(19)13(10-21)8-15(17-18)12-5-4-6-14(7-12)20-3/h4-8,11,21H,9-10H2,1-3H3. The van der Waals surface area contributed by atoms with Gasteiger partial charge in [0.15, 0.2) is 0 Å². The lowest BCUT2D eigenvalue weighted by Crippen LogP contribution is -2.28. The van der Waals surface area contributed by atoms with E-state index in [0.717, 1.165) is 17.0 Å². The van der Waals surface area contributed by atoms with Crippen LogP contribution in [-0.2, 0) is 12.3 Å². The van der Waals surface area contributed by atoms with Crippen LogP contribution in [0, 0.1) is 5.92 Å². The number of benzene rings is 1. The fourth-order valence-electron chi connectivity index (χ4n) is 2.10. The second-order valence-corrected chi connectivity index (χ2v) is 5.64.